The number of aryl methyl sites for hydroxylation is 1. The molecule has 2 aromatic rings. The van der Waals surface area contributed by atoms with Gasteiger partial charge in [0.2, 0.25) is 0 Å². The molecule has 0 aromatic carbocycles. The molecule has 0 aliphatic carbocycles. The molecule has 1 fully saturated rings. The molecule has 0 N–H and O–H groups in total. The molecular weight excluding hydrogens is 260 g/mol. The molecule has 1 aliphatic rings. The Morgan fingerprint density at radius 1 is 1.14 bits per heavy atom. The second kappa shape index (κ2) is 5.88. The third-order valence-corrected chi connectivity index (χ3v) is 4.40. The number of hydrogen-bond acceptors (Lipinski definition) is 3. The highest BCUT2D eigenvalue weighted by Crippen LogP contribution is 2.30. The smallest absolute Gasteiger partial charge is 0.131 e. The minimum absolute atomic E-state index is 0.485. The van der Waals surface area contributed by atoms with Gasteiger partial charge in [-0.05, 0) is 45.2 Å². The molecule has 3 rings (SSSR count). The van der Waals surface area contributed by atoms with Crippen LogP contribution in [0.25, 0.3) is 0 Å². The highest BCUT2D eigenvalue weighted by molar-refractivity contribution is 5.46. The van der Waals surface area contributed by atoms with Crippen molar-refractivity contribution in [3.8, 4) is 0 Å². The molecular formula is C17H24N4. The molecule has 1 saturated heterocycles. The minimum atomic E-state index is 0.485. The Bertz CT molecular complexity index is 594. The summed E-state index contributed by atoms with van der Waals surface area (Å²) in [5.41, 5.74) is 1.26. The molecule has 4 nitrogen and oxygen atoms in total. The van der Waals surface area contributed by atoms with Crippen molar-refractivity contribution in [2.45, 2.75) is 45.6 Å². The number of anilines is 1. The predicted octanol–water partition coefficient (Wildman–Crippen LogP) is 3.55. The van der Waals surface area contributed by atoms with E-state index in [4.69, 9.17) is 0 Å². The van der Waals surface area contributed by atoms with Crippen molar-refractivity contribution >= 4 is 5.82 Å². The number of rotatable bonds is 3. The zero-order valence-electron chi connectivity index (χ0n) is 13.2. The molecule has 2 aromatic heterocycles. The SMILES string of the molecule is Cc1cccnc1N1CCC(c2nccn2C(C)C)CC1. The molecule has 0 saturated carbocycles. The highest BCUT2D eigenvalue weighted by atomic mass is 15.2. The maximum Gasteiger partial charge on any atom is 0.131 e. The van der Waals surface area contributed by atoms with E-state index in [1.165, 1.54) is 11.4 Å². The van der Waals surface area contributed by atoms with Gasteiger partial charge in [0.15, 0.2) is 0 Å². The van der Waals surface area contributed by atoms with Crippen LogP contribution in [0.15, 0.2) is 30.7 Å². The van der Waals surface area contributed by atoms with Gasteiger partial charge in [-0.3, -0.25) is 0 Å². The number of pyridine rings is 1. The predicted molar refractivity (Wildman–Crippen MR) is 85.8 cm³/mol. The highest BCUT2D eigenvalue weighted by Gasteiger charge is 2.25. The van der Waals surface area contributed by atoms with E-state index < -0.39 is 0 Å². The summed E-state index contributed by atoms with van der Waals surface area (Å²) < 4.78 is 2.31. The summed E-state index contributed by atoms with van der Waals surface area (Å²) in [7, 11) is 0. The van der Waals surface area contributed by atoms with Gasteiger partial charge in [-0.1, -0.05) is 6.07 Å². The van der Waals surface area contributed by atoms with Gasteiger partial charge >= 0.3 is 0 Å². The van der Waals surface area contributed by atoms with Crippen LogP contribution in [-0.2, 0) is 0 Å². The Balaban J connectivity index is 1.71. The summed E-state index contributed by atoms with van der Waals surface area (Å²) in [5.74, 6) is 2.97. The summed E-state index contributed by atoms with van der Waals surface area (Å²) in [6, 6.07) is 4.63. The van der Waals surface area contributed by atoms with Crippen molar-refractivity contribution in [3.63, 3.8) is 0 Å². The van der Waals surface area contributed by atoms with Crippen molar-refractivity contribution in [3.05, 3.63) is 42.1 Å². The average molecular weight is 284 g/mol. The normalized spacial score (nSPS) is 16.7. The monoisotopic (exact) mass is 284 g/mol. The first kappa shape index (κ1) is 14.1. The standard InChI is InChI=1S/C17H24N4/c1-13(2)21-12-9-19-17(21)15-6-10-20(11-7-15)16-14(3)5-4-8-18-16/h4-5,8-9,12-13,15H,6-7,10-11H2,1-3H3. The van der Waals surface area contributed by atoms with Crippen LogP contribution in [0.5, 0.6) is 0 Å². The summed E-state index contributed by atoms with van der Waals surface area (Å²) in [6.07, 6.45) is 8.24. The van der Waals surface area contributed by atoms with Crippen LogP contribution in [-0.4, -0.2) is 27.6 Å². The molecule has 0 unspecified atom stereocenters. The van der Waals surface area contributed by atoms with E-state index in [9.17, 15) is 0 Å². The first-order valence-electron chi connectivity index (χ1n) is 7.86. The molecule has 112 valence electrons. The zero-order valence-corrected chi connectivity index (χ0v) is 13.2. The van der Waals surface area contributed by atoms with Gasteiger partial charge in [0.25, 0.3) is 0 Å². The molecule has 21 heavy (non-hydrogen) atoms. The third-order valence-electron chi connectivity index (χ3n) is 4.40. The Morgan fingerprint density at radius 2 is 1.90 bits per heavy atom. The van der Waals surface area contributed by atoms with E-state index in [0.29, 0.717) is 12.0 Å². The fourth-order valence-electron chi connectivity index (χ4n) is 3.24. The second-order valence-corrected chi connectivity index (χ2v) is 6.19. The quantitative estimate of drug-likeness (QED) is 0.864. The fourth-order valence-corrected chi connectivity index (χ4v) is 3.24. The van der Waals surface area contributed by atoms with E-state index in [2.05, 4.69) is 52.5 Å². The number of nitrogens with zero attached hydrogens (tertiary/aromatic N) is 4. The molecule has 0 atom stereocenters. The van der Waals surface area contributed by atoms with Gasteiger partial charge < -0.3 is 9.47 Å². The lowest BCUT2D eigenvalue weighted by Crippen LogP contribution is -2.34. The number of aromatic nitrogens is 3. The lowest BCUT2D eigenvalue weighted by atomic mass is 9.95. The van der Waals surface area contributed by atoms with Crippen LogP contribution in [0.1, 0.15) is 50.0 Å². The van der Waals surface area contributed by atoms with Gasteiger partial charge in [-0.15, -0.1) is 0 Å². The van der Waals surface area contributed by atoms with Gasteiger partial charge in [-0.2, -0.15) is 0 Å². The maximum absolute atomic E-state index is 4.61. The van der Waals surface area contributed by atoms with Crippen LogP contribution in [0.3, 0.4) is 0 Å². The van der Waals surface area contributed by atoms with E-state index in [-0.39, 0.29) is 0 Å². The van der Waals surface area contributed by atoms with Crippen molar-refractivity contribution in [2.24, 2.45) is 0 Å². The van der Waals surface area contributed by atoms with Crippen LogP contribution in [0.4, 0.5) is 5.82 Å². The molecule has 1 aliphatic heterocycles. The molecule has 0 spiro atoms. The van der Waals surface area contributed by atoms with Gasteiger partial charge in [-0.25, -0.2) is 9.97 Å². The summed E-state index contributed by atoms with van der Waals surface area (Å²) in [5, 5.41) is 0. The van der Waals surface area contributed by atoms with E-state index >= 15 is 0 Å². The van der Waals surface area contributed by atoms with Crippen molar-refractivity contribution in [1.82, 2.24) is 14.5 Å². The summed E-state index contributed by atoms with van der Waals surface area (Å²) in [6.45, 7) is 8.70. The summed E-state index contributed by atoms with van der Waals surface area (Å²) in [4.78, 5) is 11.6. The summed E-state index contributed by atoms with van der Waals surface area (Å²) >= 11 is 0. The first-order valence-corrected chi connectivity index (χ1v) is 7.86. The zero-order chi connectivity index (χ0) is 14.8. The largest absolute Gasteiger partial charge is 0.356 e. The van der Waals surface area contributed by atoms with Crippen LogP contribution in [0.2, 0.25) is 0 Å². The number of hydrogen-bond donors (Lipinski definition) is 0. The van der Waals surface area contributed by atoms with Crippen LogP contribution in [0, 0.1) is 6.92 Å². The van der Waals surface area contributed by atoms with E-state index in [1.54, 1.807) is 0 Å². The van der Waals surface area contributed by atoms with Gasteiger partial charge in [0, 0.05) is 43.6 Å². The maximum atomic E-state index is 4.61. The van der Waals surface area contributed by atoms with Crippen molar-refractivity contribution in [2.75, 3.05) is 18.0 Å². The fraction of sp³-hybridized carbons (Fsp3) is 0.529. The average Bonchev–Trinajstić information content (AvgIpc) is 2.98. The van der Waals surface area contributed by atoms with Crippen LogP contribution >= 0.6 is 0 Å². The Labute approximate surface area is 126 Å². The third kappa shape index (κ3) is 2.80. The van der Waals surface area contributed by atoms with Crippen molar-refractivity contribution < 1.29 is 0 Å². The second-order valence-electron chi connectivity index (χ2n) is 6.19. The van der Waals surface area contributed by atoms with Crippen LogP contribution < -0.4 is 4.90 Å². The van der Waals surface area contributed by atoms with E-state index in [1.807, 2.05) is 18.5 Å². The molecule has 4 heteroatoms. The Morgan fingerprint density at radius 3 is 2.57 bits per heavy atom. The Hall–Kier alpha value is -1.84. The minimum Gasteiger partial charge on any atom is -0.356 e. The molecule has 3 heterocycles. The molecule has 0 radical (unpaired) electrons. The van der Waals surface area contributed by atoms with Gasteiger partial charge in [0.05, 0.1) is 0 Å². The lowest BCUT2D eigenvalue weighted by Gasteiger charge is -2.33. The lowest BCUT2D eigenvalue weighted by molar-refractivity contribution is 0.448. The van der Waals surface area contributed by atoms with Crippen molar-refractivity contribution in [1.29, 1.82) is 0 Å². The molecule has 0 bridgehead atoms. The van der Waals surface area contributed by atoms with Gasteiger partial charge in [0.1, 0.15) is 11.6 Å². The number of imidazole rings is 1. The topological polar surface area (TPSA) is 34.0 Å². The number of piperidine rings is 1. The van der Waals surface area contributed by atoms with E-state index in [0.717, 1.165) is 31.7 Å². The Kier molecular flexibility index (Phi) is 3.95. The first-order chi connectivity index (χ1) is 10.2. The molecule has 0 amide bonds.